The van der Waals surface area contributed by atoms with Gasteiger partial charge in [0.15, 0.2) is 0 Å². The maximum atomic E-state index is 12.1. The number of hydrogen-bond acceptors (Lipinski definition) is 5. The van der Waals surface area contributed by atoms with Crippen molar-refractivity contribution in [3.05, 3.63) is 40.8 Å². The van der Waals surface area contributed by atoms with Gasteiger partial charge in [-0.15, -0.1) is 0 Å². The third-order valence-electron chi connectivity index (χ3n) is 4.37. The second-order valence-electron chi connectivity index (χ2n) is 5.94. The lowest BCUT2D eigenvalue weighted by molar-refractivity contribution is 0.0394. The van der Waals surface area contributed by atoms with Crippen molar-refractivity contribution in [1.82, 2.24) is 19.8 Å². The minimum Gasteiger partial charge on any atom is -0.465 e. The molecule has 0 unspecified atom stereocenters. The number of piperidine rings is 1. The topological polar surface area (TPSA) is 108 Å². The minimum absolute atomic E-state index is 0.0847. The van der Waals surface area contributed by atoms with Crippen molar-refractivity contribution >= 4 is 17.1 Å². The smallest absolute Gasteiger partial charge is 0.404 e. The molecule has 3 heterocycles. The van der Waals surface area contributed by atoms with Crippen LogP contribution in [0, 0.1) is 0 Å². The molecular weight excluding hydrogens is 312 g/mol. The van der Waals surface area contributed by atoms with Crippen molar-refractivity contribution in [2.75, 3.05) is 19.6 Å². The number of carboxylic acid groups (broad SMARTS) is 1. The van der Waals surface area contributed by atoms with Crippen LogP contribution in [-0.4, -0.2) is 62.5 Å². The molecule has 8 nitrogen and oxygen atoms in total. The molecule has 1 aliphatic heterocycles. The Morgan fingerprint density at radius 1 is 1.33 bits per heavy atom. The number of pyridine rings is 2. The third kappa shape index (κ3) is 3.55. The van der Waals surface area contributed by atoms with E-state index in [0.29, 0.717) is 32.6 Å². The van der Waals surface area contributed by atoms with Gasteiger partial charge in [0.25, 0.3) is 5.56 Å². The molecule has 0 aliphatic carbocycles. The molecular formula is C16H20N4O4. The summed E-state index contributed by atoms with van der Waals surface area (Å²) >= 11 is 0. The van der Waals surface area contributed by atoms with Crippen LogP contribution in [-0.2, 0) is 6.54 Å². The van der Waals surface area contributed by atoms with Gasteiger partial charge in [-0.25, -0.2) is 4.79 Å². The Labute approximate surface area is 138 Å². The van der Waals surface area contributed by atoms with Crippen molar-refractivity contribution in [2.45, 2.75) is 25.1 Å². The molecule has 2 atom stereocenters. The average molecular weight is 332 g/mol. The van der Waals surface area contributed by atoms with Gasteiger partial charge in [-0.2, -0.15) is 0 Å². The highest BCUT2D eigenvalue weighted by Gasteiger charge is 2.28. The molecule has 0 aromatic carbocycles. The van der Waals surface area contributed by atoms with Gasteiger partial charge in [0, 0.05) is 38.4 Å². The van der Waals surface area contributed by atoms with Gasteiger partial charge in [0.1, 0.15) is 0 Å². The number of nitrogens with one attached hydrogen (secondary N) is 1. The Hall–Kier alpha value is -2.45. The summed E-state index contributed by atoms with van der Waals surface area (Å²) < 4.78 is 1.68. The van der Waals surface area contributed by atoms with E-state index in [0.717, 1.165) is 11.0 Å². The van der Waals surface area contributed by atoms with E-state index in [1.165, 1.54) is 6.07 Å². The maximum absolute atomic E-state index is 12.1. The van der Waals surface area contributed by atoms with E-state index in [2.05, 4.69) is 10.3 Å². The highest BCUT2D eigenvalue weighted by molar-refractivity contribution is 5.73. The number of amides is 1. The molecule has 8 heteroatoms. The van der Waals surface area contributed by atoms with Crippen LogP contribution < -0.4 is 10.9 Å². The Morgan fingerprint density at radius 2 is 2.17 bits per heavy atom. The molecule has 0 saturated carbocycles. The molecule has 2 aromatic heterocycles. The van der Waals surface area contributed by atoms with Crippen molar-refractivity contribution in [3.8, 4) is 0 Å². The van der Waals surface area contributed by atoms with Gasteiger partial charge < -0.3 is 20.1 Å². The molecule has 128 valence electrons. The van der Waals surface area contributed by atoms with Gasteiger partial charge >= 0.3 is 6.09 Å². The standard InChI is InChI=1S/C16H20N4O4/c21-14-10-19(7-5-12(14)18-16(23)24)8-9-20-13-2-1-6-17-11(13)3-4-15(20)22/h1-4,6,12,14,18,21H,5,7-10H2,(H,23,24)/t12-,14-/m0/s1. The zero-order valence-electron chi connectivity index (χ0n) is 13.1. The number of rotatable bonds is 4. The fraction of sp³-hybridized carbons (Fsp3) is 0.438. The fourth-order valence-corrected chi connectivity index (χ4v) is 3.12. The summed E-state index contributed by atoms with van der Waals surface area (Å²) in [5, 5.41) is 21.2. The number of hydrogen-bond donors (Lipinski definition) is 3. The molecule has 1 fully saturated rings. The lowest BCUT2D eigenvalue weighted by Crippen LogP contribution is -2.54. The van der Waals surface area contributed by atoms with Crippen LogP contribution in [0.4, 0.5) is 4.79 Å². The fourth-order valence-electron chi connectivity index (χ4n) is 3.12. The Bertz CT molecular complexity index is 791. The van der Waals surface area contributed by atoms with E-state index in [1.807, 2.05) is 11.0 Å². The number of likely N-dealkylation sites (tertiary alicyclic amines) is 1. The normalized spacial score (nSPS) is 21.7. The Kier molecular flexibility index (Phi) is 4.77. The summed E-state index contributed by atoms with van der Waals surface area (Å²) in [5.41, 5.74) is 1.47. The quantitative estimate of drug-likeness (QED) is 0.733. The summed E-state index contributed by atoms with van der Waals surface area (Å²) in [6, 6.07) is 6.43. The predicted octanol–water partition coefficient (Wildman–Crippen LogP) is 0.0993. The van der Waals surface area contributed by atoms with Crippen LogP contribution in [0.3, 0.4) is 0 Å². The van der Waals surface area contributed by atoms with E-state index in [-0.39, 0.29) is 5.56 Å². The first kappa shape index (κ1) is 16.4. The van der Waals surface area contributed by atoms with Gasteiger partial charge in [-0.3, -0.25) is 14.7 Å². The summed E-state index contributed by atoms with van der Waals surface area (Å²) in [6.07, 6.45) is 0.357. The second-order valence-corrected chi connectivity index (χ2v) is 5.94. The van der Waals surface area contributed by atoms with Gasteiger partial charge in [0.2, 0.25) is 0 Å². The SMILES string of the molecule is O=C(O)N[C@H]1CCN(CCn2c(=O)ccc3ncccc32)C[C@@H]1O. The highest BCUT2D eigenvalue weighted by atomic mass is 16.4. The lowest BCUT2D eigenvalue weighted by Gasteiger charge is -2.35. The number of aliphatic hydroxyl groups is 1. The molecule has 0 radical (unpaired) electrons. The van der Waals surface area contributed by atoms with E-state index < -0.39 is 18.2 Å². The first-order valence-corrected chi connectivity index (χ1v) is 7.89. The van der Waals surface area contributed by atoms with Gasteiger partial charge in [-0.1, -0.05) is 0 Å². The highest BCUT2D eigenvalue weighted by Crippen LogP contribution is 2.12. The molecule has 0 bridgehead atoms. The van der Waals surface area contributed by atoms with Crippen LogP contribution in [0.1, 0.15) is 6.42 Å². The number of β-amino-alcohol motifs (C(OH)–C–C–N with tert-alkyl or cyclic N) is 1. The van der Waals surface area contributed by atoms with Crippen LogP contribution >= 0.6 is 0 Å². The van der Waals surface area contributed by atoms with Crippen LogP contribution in [0.15, 0.2) is 35.3 Å². The van der Waals surface area contributed by atoms with Crippen molar-refractivity contribution in [1.29, 1.82) is 0 Å². The number of aliphatic hydroxyl groups excluding tert-OH is 1. The summed E-state index contributed by atoms with van der Waals surface area (Å²) in [6.45, 7) is 2.14. The van der Waals surface area contributed by atoms with Crippen molar-refractivity contribution < 1.29 is 15.0 Å². The van der Waals surface area contributed by atoms with Gasteiger partial charge in [-0.05, 0) is 24.6 Å². The van der Waals surface area contributed by atoms with E-state index in [9.17, 15) is 14.7 Å². The molecule has 1 aliphatic rings. The Balaban J connectivity index is 1.66. The third-order valence-corrected chi connectivity index (χ3v) is 4.37. The summed E-state index contributed by atoms with van der Waals surface area (Å²) in [5.74, 6) is 0. The zero-order valence-corrected chi connectivity index (χ0v) is 13.1. The number of aromatic nitrogens is 2. The molecule has 3 N–H and O–H groups in total. The lowest BCUT2D eigenvalue weighted by atomic mass is 10.0. The molecule has 0 spiro atoms. The van der Waals surface area contributed by atoms with Gasteiger partial charge in [0.05, 0.1) is 23.2 Å². The summed E-state index contributed by atoms with van der Waals surface area (Å²) in [7, 11) is 0. The molecule has 1 amide bonds. The monoisotopic (exact) mass is 332 g/mol. The molecule has 2 aromatic rings. The molecule has 1 saturated heterocycles. The van der Waals surface area contributed by atoms with Crippen molar-refractivity contribution in [2.24, 2.45) is 0 Å². The molecule has 3 rings (SSSR count). The van der Waals surface area contributed by atoms with E-state index >= 15 is 0 Å². The maximum Gasteiger partial charge on any atom is 0.404 e. The number of carbonyl (C=O) groups is 1. The van der Waals surface area contributed by atoms with Crippen LogP contribution in [0.2, 0.25) is 0 Å². The number of fused-ring (bicyclic) bond motifs is 1. The van der Waals surface area contributed by atoms with Crippen LogP contribution in [0.25, 0.3) is 11.0 Å². The minimum atomic E-state index is -1.12. The first-order valence-electron chi connectivity index (χ1n) is 7.89. The second kappa shape index (κ2) is 6.98. The van der Waals surface area contributed by atoms with E-state index in [1.54, 1.807) is 22.9 Å². The average Bonchev–Trinajstić information content (AvgIpc) is 2.56. The summed E-state index contributed by atoms with van der Waals surface area (Å²) in [4.78, 5) is 29.1. The van der Waals surface area contributed by atoms with E-state index in [4.69, 9.17) is 5.11 Å². The number of nitrogens with zero attached hydrogens (tertiary/aromatic N) is 3. The van der Waals surface area contributed by atoms with Crippen molar-refractivity contribution in [3.63, 3.8) is 0 Å². The predicted molar refractivity (Wildman–Crippen MR) is 88.0 cm³/mol. The Morgan fingerprint density at radius 3 is 2.92 bits per heavy atom. The molecule has 24 heavy (non-hydrogen) atoms. The first-order chi connectivity index (χ1) is 11.5. The largest absolute Gasteiger partial charge is 0.465 e. The van der Waals surface area contributed by atoms with Crippen LogP contribution in [0.5, 0.6) is 0 Å². The zero-order chi connectivity index (χ0) is 17.1.